The highest BCUT2D eigenvalue weighted by Gasteiger charge is 2.18. The van der Waals surface area contributed by atoms with E-state index >= 15 is 0 Å². The lowest BCUT2D eigenvalue weighted by Crippen LogP contribution is -2.47. The van der Waals surface area contributed by atoms with Gasteiger partial charge in [0.05, 0.1) is 4.92 Å². The summed E-state index contributed by atoms with van der Waals surface area (Å²) in [4.78, 5) is 20.3. The molecule has 7 heteroatoms. The Balaban J connectivity index is 1.63. The van der Waals surface area contributed by atoms with Crippen molar-refractivity contribution in [3.8, 4) is 11.3 Å². The van der Waals surface area contributed by atoms with Gasteiger partial charge in [0.25, 0.3) is 5.69 Å². The van der Waals surface area contributed by atoms with Crippen molar-refractivity contribution in [2.24, 2.45) is 0 Å². The standard InChI is InChI=1S/C19H25N5O2/c1-2-22-12-14-23(15-13-22)11-10-20-18-9-8-17(24(25)26)19(21-18)16-6-4-3-5-7-16/h3-9H,2,10-15H2,1H3,(H,20,21). The number of anilines is 1. The van der Waals surface area contributed by atoms with Crippen LogP contribution in [-0.2, 0) is 0 Å². The van der Waals surface area contributed by atoms with Gasteiger partial charge in [-0.15, -0.1) is 0 Å². The molecule has 7 nitrogen and oxygen atoms in total. The Morgan fingerprint density at radius 2 is 1.77 bits per heavy atom. The van der Waals surface area contributed by atoms with E-state index in [0.29, 0.717) is 11.5 Å². The molecule has 0 bridgehead atoms. The summed E-state index contributed by atoms with van der Waals surface area (Å²) in [7, 11) is 0. The number of piperazine rings is 1. The minimum Gasteiger partial charge on any atom is -0.369 e. The van der Waals surface area contributed by atoms with Gasteiger partial charge in [-0.3, -0.25) is 15.0 Å². The van der Waals surface area contributed by atoms with E-state index in [1.165, 1.54) is 6.07 Å². The number of nitrogens with zero attached hydrogens (tertiary/aromatic N) is 4. The lowest BCUT2D eigenvalue weighted by molar-refractivity contribution is -0.384. The van der Waals surface area contributed by atoms with Crippen LogP contribution in [0.5, 0.6) is 0 Å². The first-order chi connectivity index (χ1) is 12.7. The first-order valence-electron chi connectivity index (χ1n) is 9.07. The van der Waals surface area contributed by atoms with E-state index in [4.69, 9.17) is 0 Å². The molecule has 0 unspecified atom stereocenters. The molecule has 1 aliphatic heterocycles. The van der Waals surface area contributed by atoms with Crippen LogP contribution < -0.4 is 5.32 Å². The zero-order valence-corrected chi connectivity index (χ0v) is 15.1. The SMILES string of the molecule is CCN1CCN(CCNc2ccc([N+](=O)[O-])c(-c3ccccc3)n2)CC1. The molecule has 0 radical (unpaired) electrons. The summed E-state index contributed by atoms with van der Waals surface area (Å²) in [6, 6.07) is 12.5. The maximum Gasteiger partial charge on any atom is 0.295 e. The molecule has 0 spiro atoms. The number of hydrogen-bond donors (Lipinski definition) is 1. The highest BCUT2D eigenvalue weighted by Crippen LogP contribution is 2.29. The number of likely N-dealkylation sites (N-methyl/N-ethyl adjacent to an activating group) is 1. The normalized spacial score (nSPS) is 15.7. The van der Waals surface area contributed by atoms with Gasteiger partial charge >= 0.3 is 0 Å². The van der Waals surface area contributed by atoms with Crippen molar-refractivity contribution >= 4 is 11.5 Å². The molecule has 2 aromatic rings. The Morgan fingerprint density at radius 1 is 1.08 bits per heavy atom. The van der Waals surface area contributed by atoms with Crippen molar-refractivity contribution < 1.29 is 4.92 Å². The Morgan fingerprint density at radius 3 is 2.42 bits per heavy atom. The Bertz CT molecular complexity index is 730. The summed E-state index contributed by atoms with van der Waals surface area (Å²) >= 11 is 0. The minimum atomic E-state index is -0.383. The summed E-state index contributed by atoms with van der Waals surface area (Å²) in [5.74, 6) is 0.668. The van der Waals surface area contributed by atoms with E-state index in [0.717, 1.165) is 51.4 Å². The smallest absolute Gasteiger partial charge is 0.295 e. The molecule has 138 valence electrons. The molecule has 2 heterocycles. The molecule has 1 fully saturated rings. The number of aromatic nitrogens is 1. The van der Waals surface area contributed by atoms with Gasteiger partial charge in [-0.05, 0) is 12.6 Å². The fourth-order valence-electron chi connectivity index (χ4n) is 3.18. The molecule has 3 rings (SSSR count). The summed E-state index contributed by atoms with van der Waals surface area (Å²) in [5, 5.41) is 14.6. The molecule has 0 atom stereocenters. The topological polar surface area (TPSA) is 74.5 Å². The second-order valence-corrected chi connectivity index (χ2v) is 6.39. The molecular weight excluding hydrogens is 330 g/mol. The first kappa shape index (κ1) is 18.3. The second kappa shape index (κ2) is 8.73. The number of pyridine rings is 1. The van der Waals surface area contributed by atoms with Crippen LogP contribution in [0.4, 0.5) is 11.5 Å². The van der Waals surface area contributed by atoms with Crippen LogP contribution in [0.2, 0.25) is 0 Å². The first-order valence-corrected chi connectivity index (χ1v) is 9.07. The van der Waals surface area contributed by atoms with Crippen molar-refractivity contribution in [3.05, 3.63) is 52.6 Å². The van der Waals surface area contributed by atoms with Crippen LogP contribution in [0, 0.1) is 10.1 Å². The highest BCUT2D eigenvalue weighted by molar-refractivity contribution is 5.71. The monoisotopic (exact) mass is 355 g/mol. The van der Waals surface area contributed by atoms with E-state index in [-0.39, 0.29) is 10.6 Å². The van der Waals surface area contributed by atoms with E-state index in [1.807, 2.05) is 30.3 Å². The van der Waals surface area contributed by atoms with Crippen LogP contribution in [0.25, 0.3) is 11.3 Å². The van der Waals surface area contributed by atoms with Crippen LogP contribution >= 0.6 is 0 Å². The summed E-state index contributed by atoms with van der Waals surface area (Å²) in [6.07, 6.45) is 0. The van der Waals surface area contributed by atoms with Crippen LogP contribution in [0.1, 0.15) is 6.92 Å². The number of hydrogen-bond acceptors (Lipinski definition) is 6. The van der Waals surface area contributed by atoms with Gasteiger partial charge in [0.15, 0.2) is 5.69 Å². The fourth-order valence-corrected chi connectivity index (χ4v) is 3.18. The largest absolute Gasteiger partial charge is 0.369 e. The van der Waals surface area contributed by atoms with Gasteiger partial charge in [-0.2, -0.15) is 0 Å². The molecule has 1 saturated heterocycles. The number of benzene rings is 1. The molecule has 1 aromatic heterocycles. The summed E-state index contributed by atoms with van der Waals surface area (Å²) in [5.41, 5.74) is 1.17. The molecule has 0 saturated carbocycles. The van der Waals surface area contributed by atoms with Crippen molar-refractivity contribution in [3.63, 3.8) is 0 Å². The summed E-state index contributed by atoms with van der Waals surface area (Å²) in [6.45, 7) is 9.41. The van der Waals surface area contributed by atoms with Gasteiger partial charge in [0.2, 0.25) is 0 Å². The highest BCUT2D eigenvalue weighted by atomic mass is 16.6. The van der Waals surface area contributed by atoms with E-state index < -0.39 is 0 Å². The molecule has 1 aromatic carbocycles. The van der Waals surface area contributed by atoms with E-state index in [9.17, 15) is 10.1 Å². The summed E-state index contributed by atoms with van der Waals surface area (Å²) < 4.78 is 0. The van der Waals surface area contributed by atoms with Gasteiger partial charge in [0.1, 0.15) is 5.82 Å². The maximum absolute atomic E-state index is 11.3. The molecule has 1 aliphatic rings. The van der Waals surface area contributed by atoms with Crippen LogP contribution in [0.3, 0.4) is 0 Å². The number of nitro groups is 1. The van der Waals surface area contributed by atoms with Crippen LogP contribution in [-0.4, -0.2) is 65.5 Å². The zero-order valence-electron chi connectivity index (χ0n) is 15.1. The predicted molar refractivity (Wildman–Crippen MR) is 103 cm³/mol. The van der Waals surface area contributed by atoms with Crippen LogP contribution in [0.15, 0.2) is 42.5 Å². The quantitative estimate of drug-likeness (QED) is 0.608. The fraction of sp³-hybridized carbons (Fsp3) is 0.421. The molecule has 1 N–H and O–H groups in total. The molecule has 0 amide bonds. The second-order valence-electron chi connectivity index (χ2n) is 6.39. The third-order valence-electron chi connectivity index (χ3n) is 4.76. The average molecular weight is 355 g/mol. The predicted octanol–water partition coefficient (Wildman–Crippen LogP) is 2.71. The Labute approximate surface area is 153 Å². The van der Waals surface area contributed by atoms with Crippen molar-refractivity contribution in [1.29, 1.82) is 0 Å². The van der Waals surface area contributed by atoms with Crippen molar-refractivity contribution in [2.45, 2.75) is 6.92 Å². The Hall–Kier alpha value is -2.51. The van der Waals surface area contributed by atoms with E-state index in [1.54, 1.807) is 6.07 Å². The Kier molecular flexibility index (Phi) is 6.14. The van der Waals surface area contributed by atoms with Gasteiger partial charge < -0.3 is 10.2 Å². The maximum atomic E-state index is 11.3. The minimum absolute atomic E-state index is 0.0254. The van der Waals surface area contributed by atoms with Gasteiger partial charge in [-0.1, -0.05) is 37.3 Å². The average Bonchev–Trinajstić information content (AvgIpc) is 2.69. The lowest BCUT2D eigenvalue weighted by atomic mass is 10.1. The lowest BCUT2D eigenvalue weighted by Gasteiger charge is -2.33. The molecular formula is C19H25N5O2. The van der Waals surface area contributed by atoms with E-state index in [2.05, 4.69) is 27.0 Å². The van der Waals surface area contributed by atoms with Crippen molar-refractivity contribution in [1.82, 2.24) is 14.8 Å². The van der Waals surface area contributed by atoms with Gasteiger partial charge in [-0.25, -0.2) is 4.98 Å². The molecule has 0 aliphatic carbocycles. The number of nitrogens with one attached hydrogen (secondary N) is 1. The zero-order chi connectivity index (χ0) is 18.4. The third kappa shape index (κ3) is 4.56. The van der Waals surface area contributed by atoms with Gasteiger partial charge in [0, 0.05) is 50.9 Å². The third-order valence-corrected chi connectivity index (χ3v) is 4.76. The molecule has 26 heavy (non-hydrogen) atoms. The number of rotatable bonds is 7. The van der Waals surface area contributed by atoms with Crippen molar-refractivity contribution in [2.75, 3.05) is 51.1 Å².